The minimum Gasteiger partial charge on any atom is -0.309 e. The molecule has 2 rings (SSSR count). The van der Waals surface area contributed by atoms with Crippen molar-refractivity contribution in [3.05, 3.63) is 47.5 Å². The lowest BCUT2D eigenvalue weighted by atomic mass is 10.00. The highest BCUT2D eigenvalue weighted by molar-refractivity contribution is 5.24. The lowest BCUT2D eigenvalue weighted by Crippen LogP contribution is -2.25. The number of rotatable bonds is 6. The molecule has 0 aliphatic carbocycles. The van der Waals surface area contributed by atoms with Crippen LogP contribution in [0, 0.1) is 0 Å². The Kier molecular flexibility index (Phi) is 4.68. The number of aryl methyl sites for hydroxylation is 2. The van der Waals surface area contributed by atoms with Gasteiger partial charge in [-0.3, -0.25) is 9.67 Å². The van der Waals surface area contributed by atoms with E-state index in [9.17, 15) is 0 Å². The van der Waals surface area contributed by atoms with Gasteiger partial charge < -0.3 is 5.32 Å². The molecular formula is C15H22N4. The predicted molar refractivity (Wildman–Crippen MR) is 76.9 cm³/mol. The molecule has 102 valence electrons. The smallest absolute Gasteiger partial charge is 0.0608 e. The number of hydrogen-bond acceptors (Lipinski definition) is 3. The fraction of sp³-hybridized carbons (Fsp3) is 0.467. The Balaban J connectivity index is 2.23. The molecule has 0 fully saturated rings. The normalized spacial score (nSPS) is 12.6. The van der Waals surface area contributed by atoms with Crippen LogP contribution in [-0.4, -0.2) is 21.3 Å². The van der Waals surface area contributed by atoms with Crippen molar-refractivity contribution < 1.29 is 0 Å². The van der Waals surface area contributed by atoms with E-state index in [-0.39, 0.29) is 6.04 Å². The van der Waals surface area contributed by atoms with Crippen LogP contribution < -0.4 is 5.32 Å². The highest BCUT2D eigenvalue weighted by atomic mass is 15.2. The van der Waals surface area contributed by atoms with E-state index in [1.165, 1.54) is 11.1 Å². The number of nitrogens with zero attached hydrogens (tertiary/aromatic N) is 3. The summed E-state index contributed by atoms with van der Waals surface area (Å²) in [5, 5.41) is 7.77. The number of pyridine rings is 1. The van der Waals surface area contributed by atoms with Gasteiger partial charge in [-0.2, -0.15) is 5.10 Å². The van der Waals surface area contributed by atoms with Gasteiger partial charge in [-0.15, -0.1) is 0 Å². The molecule has 0 bridgehead atoms. The summed E-state index contributed by atoms with van der Waals surface area (Å²) in [6, 6.07) is 4.43. The van der Waals surface area contributed by atoms with Gasteiger partial charge in [0.05, 0.1) is 17.9 Å². The molecule has 19 heavy (non-hydrogen) atoms. The molecule has 1 atom stereocenters. The molecule has 0 radical (unpaired) electrons. The molecule has 0 aromatic carbocycles. The molecule has 0 aliphatic heterocycles. The van der Waals surface area contributed by atoms with Crippen molar-refractivity contribution in [3.63, 3.8) is 0 Å². The third kappa shape index (κ3) is 3.41. The Morgan fingerprint density at radius 3 is 2.84 bits per heavy atom. The molecule has 2 heterocycles. The predicted octanol–water partition coefficient (Wildman–Crippen LogP) is 2.27. The Morgan fingerprint density at radius 1 is 1.37 bits per heavy atom. The van der Waals surface area contributed by atoms with E-state index in [1.807, 2.05) is 30.2 Å². The molecule has 1 unspecified atom stereocenters. The van der Waals surface area contributed by atoms with Crippen molar-refractivity contribution >= 4 is 0 Å². The standard InChI is InChI=1S/C15H22N4/c1-4-13-7-6-8-17-15(13)14(16-5-2)9-12-10-18-19(3)11-12/h6-8,10-11,14,16H,4-5,9H2,1-3H3. The monoisotopic (exact) mass is 258 g/mol. The van der Waals surface area contributed by atoms with E-state index in [1.54, 1.807) is 0 Å². The van der Waals surface area contributed by atoms with E-state index < -0.39 is 0 Å². The number of hydrogen-bond donors (Lipinski definition) is 1. The molecular weight excluding hydrogens is 236 g/mol. The summed E-state index contributed by atoms with van der Waals surface area (Å²) in [7, 11) is 1.95. The summed E-state index contributed by atoms with van der Waals surface area (Å²) in [5.74, 6) is 0. The van der Waals surface area contributed by atoms with E-state index in [0.29, 0.717) is 0 Å². The van der Waals surface area contributed by atoms with Crippen molar-refractivity contribution in [2.24, 2.45) is 7.05 Å². The molecule has 0 aliphatic rings. The van der Waals surface area contributed by atoms with Gasteiger partial charge in [-0.1, -0.05) is 19.9 Å². The molecule has 2 aromatic rings. The first-order valence-corrected chi connectivity index (χ1v) is 6.89. The van der Waals surface area contributed by atoms with Crippen LogP contribution in [0.1, 0.15) is 36.7 Å². The molecule has 0 saturated carbocycles. The van der Waals surface area contributed by atoms with Crippen LogP contribution in [0.4, 0.5) is 0 Å². The van der Waals surface area contributed by atoms with E-state index >= 15 is 0 Å². The number of aromatic nitrogens is 3. The molecule has 2 aromatic heterocycles. The summed E-state index contributed by atoms with van der Waals surface area (Å²) in [4.78, 5) is 4.58. The van der Waals surface area contributed by atoms with E-state index in [4.69, 9.17) is 0 Å². The van der Waals surface area contributed by atoms with Gasteiger partial charge >= 0.3 is 0 Å². The van der Waals surface area contributed by atoms with Crippen LogP contribution in [0.2, 0.25) is 0 Å². The van der Waals surface area contributed by atoms with Gasteiger partial charge in [0, 0.05) is 19.4 Å². The van der Waals surface area contributed by atoms with E-state index in [2.05, 4.69) is 41.5 Å². The maximum Gasteiger partial charge on any atom is 0.0608 e. The van der Waals surface area contributed by atoms with Gasteiger partial charge in [-0.05, 0) is 36.6 Å². The molecule has 4 heteroatoms. The summed E-state index contributed by atoms with van der Waals surface area (Å²) in [5.41, 5.74) is 3.72. The Labute approximate surface area is 114 Å². The molecule has 0 saturated heterocycles. The number of likely N-dealkylation sites (N-methyl/N-ethyl adjacent to an activating group) is 1. The minimum atomic E-state index is 0.255. The molecule has 1 N–H and O–H groups in total. The summed E-state index contributed by atoms with van der Waals surface area (Å²) >= 11 is 0. The second kappa shape index (κ2) is 6.48. The van der Waals surface area contributed by atoms with Gasteiger partial charge in [0.25, 0.3) is 0 Å². The molecule has 0 amide bonds. The highest BCUT2D eigenvalue weighted by Gasteiger charge is 2.16. The SMILES string of the molecule is CCNC(Cc1cnn(C)c1)c1ncccc1CC. The molecule has 0 spiro atoms. The zero-order chi connectivity index (χ0) is 13.7. The van der Waals surface area contributed by atoms with Crippen LogP contribution in [-0.2, 0) is 19.9 Å². The second-order valence-electron chi connectivity index (χ2n) is 4.74. The largest absolute Gasteiger partial charge is 0.309 e. The van der Waals surface area contributed by atoms with Crippen LogP contribution in [0.15, 0.2) is 30.7 Å². The van der Waals surface area contributed by atoms with Crippen molar-refractivity contribution in [2.75, 3.05) is 6.54 Å². The average molecular weight is 258 g/mol. The highest BCUT2D eigenvalue weighted by Crippen LogP contribution is 2.20. The van der Waals surface area contributed by atoms with Crippen LogP contribution in [0.3, 0.4) is 0 Å². The quantitative estimate of drug-likeness (QED) is 0.864. The first kappa shape index (κ1) is 13.7. The van der Waals surface area contributed by atoms with Crippen LogP contribution in [0.5, 0.6) is 0 Å². The van der Waals surface area contributed by atoms with Crippen molar-refractivity contribution in [2.45, 2.75) is 32.7 Å². The zero-order valence-corrected chi connectivity index (χ0v) is 11.9. The Bertz CT molecular complexity index is 518. The lowest BCUT2D eigenvalue weighted by molar-refractivity contribution is 0.532. The summed E-state index contributed by atoms with van der Waals surface area (Å²) in [6.45, 7) is 5.24. The van der Waals surface area contributed by atoms with Crippen molar-refractivity contribution in [3.8, 4) is 0 Å². The fourth-order valence-corrected chi connectivity index (χ4v) is 2.39. The Hall–Kier alpha value is -1.68. The van der Waals surface area contributed by atoms with Crippen molar-refractivity contribution in [1.29, 1.82) is 0 Å². The van der Waals surface area contributed by atoms with E-state index in [0.717, 1.165) is 25.1 Å². The first-order valence-electron chi connectivity index (χ1n) is 6.89. The third-order valence-corrected chi connectivity index (χ3v) is 3.29. The topological polar surface area (TPSA) is 42.7 Å². The van der Waals surface area contributed by atoms with Crippen molar-refractivity contribution in [1.82, 2.24) is 20.1 Å². The fourth-order valence-electron chi connectivity index (χ4n) is 2.39. The third-order valence-electron chi connectivity index (χ3n) is 3.29. The first-order chi connectivity index (χ1) is 9.24. The van der Waals surface area contributed by atoms with Gasteiger partial charge in [0.2, 0.25) is 0 Å². The summed E-state index contributed by atoms with van der Waals surface area (Å²) in [6.07, 6.45) is 7.81. The molecule has 4 nitrogen and oxygen atoms in total. The number of nitrogens with one attached hydrogen (secondary N) is 1. The van der Waals surface area contributed by atoms with Crippen LogP contribution >= 0.6 is 0 Å². The maximum absolute atomic E-state index is 4.58. The zero-order valence-electron chi connectivity index (χ0n) is 11.9. The Morgan fingerprint density at radius 2 is 2.21 bits per heavy atom. The minimum absolute atomic E-state index is 0.255. The van der Waals surface area contributed by atoms with Gasteiger partial charge in [0.15, 0.2) is 0 Å². The summed E-state index contributed by atoms with van der Waals surface area (Å²) < 4.78 is 1.84. The van der Waals surface area contributed by atoms with Gasteiger partial charge in [0.1, 0.15) is 0 Å². The second-order valence-corrected chi connectivity index (χ2v) is 4.74. The maximum atomic E-state index is 4.58. The van der Waals surface area contributed by atoms with Crippen LogP contribution in [0.25, 0.3) is 0 Å². The lowest BCUT2D eigenvalue weighted by Gasteiger charge is -2.19. The average Bonchev–Trinajstić information content (AvgIpc) is 2.84. The van der Waals surface area contributed by atoms with Gasteiger partial charge in [-0.25, -0.2) is 0 Å².